The minimum atomic E-state index is -1.60. The number of aryl methyl sites for hydroxylation is 1. The van der Waals surface area contributed by atoms with E-state index >= 15 is 4.39 Å². The van der Waals surface area contributed by atoms with Crippen LogP contribution in [0.3, 0.4) is 0 Å². The molecule has 11 nitrogen and oxygen atoms in total. The molecule has 6 rings (SSSR count). The van der Waals surface area contributed by atoms with Gasteiger partial charge in [-0.05, 0) is 49.6 Å². The Morgan fingerprint density at radius 1 is 1.12 bits per heavy atom. The van der Waals surface area contributed by atoms with Crippen molar-refractivity contribution in [3.8, 4) is 11.5 Å². The molecule has 4 aromatic rings. The molecule has 1 aliphatic heterocycles. The highest BCUT2D eigenvalue weighted by Gasteiger charge is 2.32. The van der Waals surface area contributed by atoms with E-state index in [4.69, 9.17) is 23.4 Å². The number of aromatic nitrogens is 1. The summed E-state index contributed by atoms with van der Waals surface area (Å²) < 4.78 is 37.9. The molecule has 2 aromatic carbocycles. The second-order valence-electron chi connectivity index (χ2n) is 10.3. The van der Waals surface area contributed by atoms with Crippen LogP contribution in [0.5, 0.6) is 11.5 Å². The molecule has 2 aromatic heterocycles. The first-order valence-electron chi connectivity index (χ1n) is 13.2. The molecular formula is C29H28FN3O8. The number of anilines is 1. The van der Waals surface area contributed by atoms with E-state index in [0.29, 0.717) is 54.7 Å². The Balaban J connectivity index is 1.38. The van der Waals surface area contributed by atoms with E-state index in [-0.39, 0.29) is 23.2 Å². The molecule has 1 saturated heterocycles. The fourth-order valence-electron chi connectivity index (χ4n) is 5.47. The zero-order valence-electron chi connectivity index (χ0n) is 22.5. The predicted octanol–water partition coefficient (Wildman–Crippen LogP) is 4.46. The second-order valence-corrected chi connectivity index (χ2v) is 10.3. The molecule has 1 atom stereocenters. The van der Waals surface area contributed by atoms with Crippen molar-refractivity contribution in [2.24, 2.45) is 0 Å². The summed E-state index contributed by atoms with van der Waals surface area (Å²) in [5.74, 6) is -0.146. The zero-order valence-corrected chi connectivity index (χ0v) is 22.5. The second kappa shape index (κ2) is 10.4. The quantitative estimate of drug-likeness (QED) is 0.321. The Kier molecular flexibility index (Phi) is 6.78. The van der Waals surface area contributed by atoms with Gasteiger partial charge in [0.2, 0.25) is 5.43 Å². The van der Waals surface area contributed by atoms with Gasteiger partial charge in [-0.1, -0.05) is 12.1 Å². The number of rotatable bonds is 7. The van der Waals surface area contributed by atoms with Crippen LogP contribution in [0.15, 0.2) is 61.0 Å². The minimum Gasteiger partial charge on any atom is -0.497 e. The first-order chi connectivity index (χ1) is 19.7. The number of fused-ring (bicyclic) bond motifs is 1. The van der Waals surface area contributed by atoms with Gasteiger partial charge >= 0.3 is 12.0 Å². The summed E-state index contributed by atoms with van der Waals surface area (Å²) in [6, 6.07) is 10.3. The summed E-state index contributed by atoms with van der Waals surface area (Å²) in [5.41, 5.74) is 1.14. The van der Waals surface area contributed by atoms with Crippen molar-refractivity contribution in [2.75, 3.05) is 31.6 Å². The van der Waals surface area contributed by atoms with E-state index in [9.17, 15) is 14.4 Å². The molecule has 0 spiro atoms. The number of halogens is 1. The number of carbonyl (C=O) groups is 1. The third-order valence-electron chi connectivity index (χ3n) is 7.72. The Morgan fingerprint density at radius 3 is 2.51 bits per heavy atom. The van der Waals surface area contributed by atoms with E-state index < -0.39 is 23.2 Å². The number of pyridine rings is 1. The minimum absolute atomic E-state index is 0.0627. The van der Waals surface area contributed by atoms with Crippen LogP contribution in [0, 0.1) is 12.7 Å². The molecule has 2 aliphatic rings. The number of benzene rings is 2. The lowest BCUT2D eigenvalue weighted by atomic mass is 10.0. The summed E-state index contributed by atoms with van der Waals surface area (Å²) in [4.78, 5) is 39.9. The number of nitrogens with zero attached hydrogens (tertiary/aromatic N) is 3. The lowest BCUT2D eigenvalue weighted by Gasteiger charge is -2.42. The van der Waals surface area contributed by atoms with Crippen molar-refractivity contribution in [3.63, 3.8) is 0 Å². The van der Waals surface area contributed by atoms with Crippen molar-refractivity contribution in [2.45, 2.75) is 38.4 Å². The third kappa shape index (κ3) is 5.18. The molecule has 41 heavy (non-hydrogen) atoms. The fourth-order valence-corrected chi connectivity index (χ4v) is 5.47. The number of carboxylic acid groups (broad SMARTS) is 1. The van der Waals surface area contributed by atoms with Crippen LogP contribution < -0.4 is 25.6 Å². The highest BCUT2D eigenvalue weighted by Crippen LogP contribution is 2.39. The molecule has 12 heteroatoms. The molecule has 2 fully saturated rings. The van der Waals surface area contributed by atoms with Crippen molar-refractivity contribution >= 4 is 22.7 Å². The van der Waals surface area contributed by atoms with Crippen molar-refractivity contribution < 1.29 is 32.6 Å². The summed E-state index contributed by atoms with van der Waals surface area (Å²) >= 11 is 0. The van der Waals surface area contributed by atoms with Gasteiger partial charge < -0.3 is 32.9 Å². The van der Waals surface area contributed by atoms with E-state index in [2.05, 4.69) is 4.90 Å². The SMILES string of the molecule is COc1ccc(C2CN(c3cc4c(cc3F)c(=O)c(OC(=O)O)cn4C3CC3)CCN2Cc2oc(=O)oc2C)cc1. The highest BCUT2D eigenvalue weighted by molar-refractivity contribution is 5.85. The summed E-state index contributed by atoms with van der Waals surface area (Å²) in [6.45, 7) is 3.39. The molecule has 1 saturated carbocycles. The van der Waals surface area contributed by atoms with Gasteiger partial charge in [0.25, 0.3) is 0 Å². The van der Waals surface area contributed by atoms with Gasteiger partial charge in [-0.25, -0.2) is 14.0 Å². The zero-order chi connectivity index (χ0) is 28.8. The van der Waals surface area contributed by atoms with Gasteiger partial charge in [0.1, 0.15) is 17.3 Å². The molecular weight excluding hydrogens is 537 g/mol. The smallest absolute Gasteiger partial charge is 0.497 e. The Morgan fingerprint density at radius 2 is 1.88 bits per heavy atom. The Hall–Kier alpha value is -4.58. The van der Waals surface area contributed by atoms with Crippen LogP contribution >= 0.6 is 0 Å². The fraction of sp³-hybridized carbons (Fsp3) is 0.345. The summed E-state index contributed by atoms with van der Waals surface area (Å²) in [6.07, 6.45) is 1.52. The molecule has 1 unspecified atom stereocenters. The van der Waals surface area contributed by atoms with Gasteiger partial charge in [-0.3, -0.25) is 9.69 Å². The molecule has 0 radical (unpaired) electrons. The van der Waals surface area contributed by atoms with E-state index in [1.165, 1.54) is 12.3 Å². The van der Waals surface area contributed by atoms with Gasteiger partial charge in [-0.2, -0.15) is 0 Å². The van der Waals surface area contributed by atoms with Crippen LogP contribution in [0.1, 0.15) is 42.0 Å². The first-order valence-corrected chi connectivity index (χ1v) is 13.2. The van der Waals surface area contributed by atoms with Gasteiger partial charge in [0.05, 0.1) is 42.5 Å². The molecule has 0 amide bonds. The maximum Gasteiger partial charge on any atom is 0.519 e. The summed E-state index contributed by atoms with van der Waals surface area (Å²) in [5, 5.41) is 9.13. The maximum atomic E-state index is 15.7. The topological polar surface area (TPSA) is 128 Å². The van der Waals surface area contributed by atoms with Gasteiger partial charge in [0, 0.05) is 25.7 Å². The van der Waals surface area contributed by atoms with E-state index in [1.807, 2.05) is 29.2 Å². The average Bonchev–Trinajstić information content (AvgIpc) is 3.74. The largest absolute Gasteiger partial charge is 0.519 e. The van der Waals surface area contributed by atoms with Crippen LogP contribution in [0.2, 0.25) is 0 Å². The standard InChI is InChI=1S/C29H28FN3O8/c1-16-25(41-29(37)39-16)14-32-10-9-31(13-24(32)17-3-7-19(38-2)8-4-17)23-12-22-20(11-21(23)30)27(34)26(40-28(35)36)15-33(22)18-5-6-18/h3-4,7-8,11-12,15,18,24H,5-6,9-10,13-14H2,1-2H3,(H,35,36). The van der Waals surface area contributed by atoms with Crippen molar-refractivity contribution in [1.29, 1.82) is 0 Å². The van der Waals surface area contributed by atoms with E-state index in [1.54, 1.807) is 24.7 Å². The number of piperazine rings is 1. The molecule has 0 bridgehead atoms. The predicted molar refractivity (Wildman–Crippen MR) is 145 cm³/mol. The molecule has 1 aliphatic carbocycles. The van der Waals surface area contributed by atoms with Crippen molar-refractivity contribution in [3.05, 3.63) is 86.3 Å². The monoisotopic (exact) mass is 565 g/mol. The Labute approximate surface area is 232 Å². The molecule has 3 heterocycles. The maximum absolute atomic E-state index is 15.7. The number of hydrogen-bond donors (Lipinski definition) is 1. The van der Waals surface area contributed by atoms with E-state index in [0.717, 1.165) is 18.4 Å². The van der Waals surface area contributed by atoms with Crippen LogP contribution in [0.4, 0.5) is 14.9 Å². The lowest BCUT2D eigenvalue weighted by molar-refractivity contribution is 0.143. The lowest BCUT2D eigenvalue weighted by Crippen LogP contribution is -2.48. The third-order valence-corrected chi connectivity index (χ3v) is 7.72. The summed E-state index contributed by atoms with van der Waals surface area (Å²) in [7, 11) is 1.59. The first kappa shape index (κ1) is 26.6. The highest BCUT2D eigenvalue weighted by atomic mass is 19.1. The van der Waals surface area contributed by atoms with Crippen LogP contribution in [-0.4, -0.2) is 47.5 Å². The van der Waals surface area contributed by atoms with Crippen molar-refractivity contribution in [1.82, 2.24) is 9.47 Å². The average molecular weight is 566 g/mol. The molecule has 214 valence electrons. The number of ether oxygens (including phenoxy) is 2. The number of methoxy groups -OCH3 is 1. The van der Waals surface area contributed by atoms with Crippen LogP contribution in [0.25, 0.3) is 10.9 Å². The van der Waals surface area contributed by atoms with Gasteiger partial charge in [-0.15, -0.1) is 0 Å². The molecule has 1 N–H and O–H groups in total. The Bertz CT molecular complexity index is 1740. The normalized spacial score (nSPS) is 17.6. The van der Waals surface area contributed by atoms with Crippen LogP contribution in [-0.2, 0) is 6.54 Å². The number of hydrogen-bond acceptors (Lipinski definition) is 9. The van der Waals surface area contributed by atoms with Gasteiger partial charge in [0.15, 0.2) is 11.5 Å².